The standard InChI is InChI=1S/C47H45N/c1-30-16-22-34(23-17-30)48(35-24-18-31(2)19-25-35)43-15-11-14-40-44(43)38-12-9-10-13-39(38)47(40)41-28-32(45(3,4)5)20-26-36(41)37-27-21-33(29-42(37)47)46(6,7)8/h9-29H,1-8H3. The predicted octanol–water partition coefficient (Wildman–Crippen LogP) is 12.7. The molecule has 238 valence electrons. The second-order valence-electron chi connectivity index (χ2n) is 16.0. The third-order valence-corrected chi connectivity index (χ3v) is 10.7. The monoisotopic (exact) mass is 623 g/mol. The summed E-state index contributed by atoms with van der Waals surface area (Å²) in [5, 5.41) is 0. The van der Waals surface area contributed by atoms with Gasteiger partial charge in [0.2, 0.25) is 0 Å². The molecule has 1 heteroatoms. The van der Waals surface area contributed by atoms with Gasteiger partial charge in [0.25, 0.3) is 0 Å². The molecule has 0 aliphatic heterocycles. The first-order valence-electron chi connectivity index (χ1n) is 17.4. The van der Waals surface area contributed by atoms with Crippen molar-refractivity contribution in [2.45, 2.75) is 71.6 Å². The highest BCUT2D eigenvalue weighted by Gasteiger charge is 2.53. The summed E-state index contributed by atoms with van der Waals surface area (Å²) in [6.45, 7) is 18.3. The van der Waals surface area contributed by atoms with Gasteiger partial charge < -0.3 is 4.90 Å². The van der Waals surface area contributed by atoms with Crippen molar-refractivity contribution in [2.75, 3.05) is 4.90 Å². The summed E-state index contributed by atoms with van der Waals surface area (Å²) in [5.41, 5.74) is 19.3. The molecule has 0 atom stereocenters. The van der Waals surface area contributed by atoms with Gasteiger partial charge in [-0.05, 0) is 105 Å². The van der Waals surface area contributed by atoms with Gasteiger partial charge in [-0.25, -0.2) is 0 Å². The van der Waals surface area contributed by atoms with Crippen molar-refractivity contribution in [3.05, 3.63) is 172 Å². The Morgan fingerprint density at radius 1 is 0.438 bits per heavy atom. The van der Waals surface area contributed by atoms with Crippen molar-refractivity contribution >= 4 is 17.1 Å². The summed E-state index contributed by atoms with van der Waals surface area (Å²) >= 11 is 0. The molecule has 0 heterocycles. The Morgan fingerprint density at radius 2 is 0.917 bits per heavy atom. The molecule has 1 nitrogen and oxygen atoms in total. The van der Waals surface area contributed by atoms with Crippen LogP contribution in [0.2, 0.25) is 0 Å². The first kappa shape index (κ1) is 30.5. The third-order valence-electron chi connectivity index (χ3n) is 10.7. The third kappa shape index (κ3) is 4.44. The molecule has 2 aliphatic rings. The molecule has 0 N–H and O–H groups in total. The Kier molecular flexibility index (Phi) is 6.70. The van der Waals surface area contributed by atoms with E-state index in [2.05, 4.69) is 188 Å². The van der Waals surface area contributed by atoms with E-state index in [-0.39, 0.29) is 10.8 Å². The molecule has 0 unspecified atom stereocenters. The Hall–Kier alpha value is -4.88. The van der Waals surface area contributed by atoms with Gasteiger partial charge >= 0.3 is 0 Å². The minimum atomic E-state index is -0.429. The largest absolute Gasteiger partial charge is 0.310 e. The van der Waals surface area contributed by atoms with Crippen LogP contribution in [0.5, 0.6) is 0 Å². The first-order valence-corrected chi connectivity index (χ1v) is 17.4. The Bertz CT molecular complexity index is 2090. The Balaban J connectivity index is 1.50. The highest BCUT2D eigenvalue weighted by molar-refractivity contribution is 6.01. The van der Waals surface area contributed by atoms with Crippen LogP contribution in [0.3, 0.4) is 0 Å². The normalized spacial score (nSPS) is 14.0. The van der Waals surface area contributed by atoms with Crippen LogP contribution >= 0.6 is 0 Å². The lowest BCUT2D eigenvalue weighted by molar-refractivity contribution is 0.586. The molecule has 6 aromatic rings. The van der Waals surface area contributed by atoms with E-state index in [4.69, 9.17) is 0 Å². The molecule has 6 aromatic carbocycles. The van der Waals surface area contributed by atoms with E-state index < -0.39 is 5.41 Å². The zero-order valence-corrected chi connectivity index (χ0v) is 29.6. The number of rotatable bonds is 3. The summed E-state index contributed by atoms with van der Waals surface area (Å²) in [6.07, 6.45) is 0. The minimum Gasteiger partial charge on any atom is -0.310 e. The number of nitrogens with zero attached hydrogens (tertiary/aromatic N) is 1. The van der Waals surface area contributed by atoms with E-state index in [0.717, 1.165) is 11.4 Å². The van der Waals surface area contributed by atoms with Crippen molar-refractivity contribution in [2.24, 2.45) is 0 Å². The van der Waals surface area contributed by atoms with E-state index in [1.54, 1.807) is 0 Å². The van der Waals surface area contributed by atoms with Gasteiger partial charge in [0, 0.05) is 16.9 Å². The van der Waals surface area contributed by atoms with Crippen LogP contribution in [0, 0.1) is 13.8 Å². The van der Waals surface area contributed by atoms with Gasteiger partial charge in [0.15, 0.2) is 0 Å². The highest BCUT2D eigenvalue weighted by atomic mass is 15.1. The smallest absolute Gasteiger partial charge is 0.0726 e. The number of hydrogen-bond donors (Lipinski definition) is 0. The molecular formula is C47H45N. The van der Waals surface area contributed by atoms with Crippen LogP contribution in [0.15, 0.2) is 127 Å². The van der Waals surface area contributed by atoms with Crippen LogP contribution in [0.4, 0.5) is 17.1 Å². The van der Waals surface area contributed by atoms with Crippen LogP contribution in [-0.4, -0.2) is 0 Å². The van der Waals surface area contributed by atoms with Crippen molar-refractivity contribution in [1.29, 1.82) is 0 Å². The fourth-order valence-electron chi connectivity index (χ4n) is 8.15. The van der Waals surface area contributed by atoms with Crippen LogP contribution in [-0.2, 0) is 16.2 Å². The summed E-state index contributed by atoms with van der Waals surface area (Å²) in [5.74, 6) is 0. The molecule has 0 radical (unpaired) electrons. The summed E-state index contributed by atoms with van der Waals surface area (Å²) in [4.78, 5) is 2.46. The summed E-state index contributed by atoms with van der Waals surface area (Å²) in [7, 11) is 0. The lowest BCUT2D eigenvalue weighted by Crippen LogP contribution is -2.27. The van der Waals surface area contributed by atoms with Crippen molar-refractivity contribution < 1.29 is 0 Å². The van der Waals surface area contributed by atoms with Crippen LogP contribution < -0.4 is 4.90 Å². The molecule has 2 aliphatic carbocycles. The second kappa shape index (κ2) is 10.6. The number of fused-ring (bicyclic) bond motifs is 10. The average molecular weight is 624 g/mol. The second-order valence-corrected chi connectivity index (χ2v) is 16.0. The fourth-order valence-corrected chi connectivity index (χ4v) is 8.15. The molecule has 0 amide bonds. The molecule has 0 aromatic heterocycles. The maximum absolute atomic E-state index is 2.53. The Morgan fingerprint density at radius 3 is 1.42 bits per heavy atom. The fraction of sp³-hybridized carbons (Fsp3) is 0.234. The zero-order valence-electron chi connectivity index (χ0n) is 29.6. The number of aryl methyl sites for hydroxylation is 2. The van der Waals surface area contributed by atoms with E-state index in [1.807, 2.05) is 0 Å². The lowest BCUT2D eigenvalue weighted by atomic mass is 9.69. The van der Waals surface area contributed by atoms with Gasteiger partial charge in [0.05, 0.1) is 11.1 Å². The maximum Gasteiger partial charge on any atom is 0.0726 e. The van der Waals surface area contributed by atoms with Crippen molar-refractivity contribution in [1.82, 2.24) is 0 Å². The molecule has 0 fully saturated rings. The molecule has 0 saturated carbocycles. The molecule has 8 rings (SSSR count). The van der Waals surface area contributed by atoms with Gasteiger partial charge in [-0.1, -0.05) is 150 Å². The highest BCUT2D eigenvalue weighted by Crippen LogP contribution is 2.65. The zero-order chi connectivity index (χ0) is 33.6. The average Bonchev–Trinajstić information content (AvgIpc) is 3.53. The van der Waals surface area contributed by atoms with Crippen molar-refractivity contribution in [3.63, 3.8) is 0 Å². The summed E-state index contributed by atoms with van der Waals surface area (Å²) in [6, 6.07) is 48.7. The summed E-state index contributed by atoms with van der Waals surface area (Å²) < 4.78 is 0. The molecule has 0 saturated heterocycles. The lowest BCUT2D eigenvalue weighted by Gasteiger charge is -2.33. The van der Waals surface area contributed by atoms with E-state index in [9.17, 15) is 0 Å². The van der Waals surface area contributed by atoms with Gasteiger partial charge in [-0.2, -0.15) is 0 Å². The minimum absolute atomic E-state index is 0.0258. The molecule has 1 spiro atoms. The molecular weight excluding hydrogens is 579 g/mol. The number of anilines is 3. The van der Waals surface area contributed by atoms with Gasteiger partial charge in [0.1, 0.15) is 0 Å². The number of benzene rings is 6. The predicted molar refractivity (Wildman–Crippen MR) is 204 cm³/mol. The quantitative estimate of drug-likeness (QED) is 0.189. The van der Waals surface area contributed by atoms with E-state index >= 15 is 0 Å². The topological polar surface area (TPSA) is 3.24 Å². The van der Waals surface area contributed by atoms with Crippen LogP contribution in [0.25, 0.3) is 22.3 Å². The maximum atomic E-state index is 2.53. The van der Waals surface area contributed by atoms with Gasteiger partial charge in [-0.3, -0.25) is 0 Å². The molecule has 0 bridgehead atoms. The van der Waals surface area contributed by atoms with Crippen molar-refractivity contribution in [3.8, 4) is 22.3 Å². The number of hydrogen-bond acceptors (Lipinski definition) is 1. The van der Waals surface area contributed by atoms with E-state index in [0.29, 0.717) is 0 Å². The molecule has 48 heavy (non-hydrogen) atoms. The van der Waals surface area contributed by atoms with E-state index in [1.165, 1.54) is 72.4 Å². The Labute approximate surface area is 286 Å². The van der Waals surface area contributed by atoms with Crippen LogP contribution in [0.1, 0.15) is 86.1 Å². The SMILES string of the molecule is Cc1ccc(N(c2ccc(C)cc2)c2cccc3c2-c2ccccc2C32c3cc(C(C)(C)C)ccc3-c3ccc(C(C)(C)C)cc32)cc1. The first-order chi connectivity index (χ1) is 22.9. The van der Waals surface area contributed by atoms with Gasteiger partial charge in [-0.15, -0.1) is 0 Å².